The Bertz CT molecular complexity index is 522. The van der Waals surface area contributed by atoms with E-state index < -0.39 is 0 Å². The Morgan fingerprint density at radius 2 is 1.95 bits per heavy atom. The molecule has 5 heteroatoms. The molecule has 1 N–H and O–H groups in total. The number of likely N-dealkylation sites (tertiary alicyclic amines) is 1. The molecule has 0 bridgehead atoms. The van der Waals surface area contributed by atoms with E-state index in [1.165, 1.54) is 6.42 Å². The Hall–Kier alpha value is -1.26. The molecular weight excluding hydrogens is 290 g/mol. The molecule has 0 spiro atoms. The second-order valence-corrected chi connectivity index (χ2v) is 6.24. The van der Waals surface area contributed by atoms with Gasteiger partial charge in [0.1, 0.15) is 5.75 Å². The van der Waals surface area contributed by atoms with Gasteiger partial charge in [0.25, 0.3) is 5.91 Å². The predicted molar refractivity (Wildman–Crippen MR) is 80.9 cm³/mol. The monoisotopic (exact) mass is 309 g/mol. The first-order chi connectivity index (χ1) is 10.1. The largest absolute Gasteiger partial charge is 0.490 e. The molecule has 0 unspecified atom stereocenters. The summed E-state index contributed by atoms with van der Waals surface area (Å²) in [5.41, 5.74) is 0.508. The molecule has 1 aromatic carbocycles. The van der Waals surface area contributed by atoms with Gasteiger partial charge in [0, 0.05) is 13.1 Å². The van der Waals surface area contributed by atoms with Crippen molar-refractivity contribution < 1.29 is 14.6 Å². The van der Waals surface area contributed by atoms with E-state index in [2.05, 4.69) is 0 Å². The number of piperidine rings is 1. The summed E-state index contributed by atoms with van der Waals surface area (Å²) in [5, 5.41) is 9.94. The quantitative estimate of drug-likeness (QED) is 0.934. The lowest BCUT2D eigenvalue weighted by Gasteiger charge is -2.30. The van der Waals surface area contributed by atoms with Gasteiger partial charge in [-0.25, -0.2) is 0 Å². The third-order valence-electron chi connectivity index (χ3n) is 4.28. The van der Waals surface area contributed by atoms with Crippen LogP contribution in [0.3, 0.4) is 0 Å². The molecule has 0 radical (unpaired) electrons. The lowest BCUT2D eigenvalue weighted by atomic mass is 9.96. The van der Waals surface area contributed by atoms with Gasteiger partial charge in [-0.1, -0.05) is 11.6 Å². The van der Waals surface area contributed by atoms with E-state index >= 15 is 0 Å². The molecular formula is C16H20ClNO3. The fourth-order valence-electron chi connectivity index (χ4n) is 2.66. The standard InChI is InChI=1S/C16H20ClNO3/c17-15-10-13(21-12-2-1-3-12)4-5-14(15)16(20)18-8-6-11(19)7-9-18/h4-5,10-12,19H,1-3,6-9H2. The summed E-state index contributed by atoms with van der Waals surface area (Å²) in [6.07, 6.45) is 4.67. The number of aliphatic hydroxyl groups excluding tert-OH is 1. The van der Waals surface area contributed by atoms with Gasteiger partial charge in [0.15, 0.2) is 0 Å². The molecule has 1 aliphatic heterocycles. The van der Waals surface area contributed by atoms with Crippen LogP contribution in [-0.4, -0.2) is 41.2 Å². The highest BCUT2D eigenvalue weighted by Gasteiger charge is 2.24. The fraction of sp³-hybridized carbons (Fsp3) is 0.562. The molecule has 1 heterocycles. The molecule has 2 fully saturated rings. The molecule has 0 aromatic heterocycles. The van der Waals surface area contributed by atoms with Crippen LogP contribution in [-0.2, 0) is 0 Å². The van der Waals surface area contributed by atoms with Crippen LogP contribution >= 0.6 is 11.6 Å². The number of rotatable bonds is 3. The molecule has 1 saturated carbocycles. The zero-order valence-corrected chi connectivity index (χ0v) is 12.7. The van der Waals surface area contributed by atoms with Crippen LogP contribution < -0.4 is 4.74 Å². The Kier molecular flexibility index (Phi) is 4.36. The minimum Gasteiger partial charge on any atom is -0.490 e. The van der Waals surface area contributed by atoms with Crippen LogP contribution in [0.5, 0.6) is 5.75 Å². The summed E-state index contributed by atoms with van der Waals surface area (Å²) >= 11 is 6.24. The van der Waals surface area contributed by atoms with Crippen LogP contribution in [0.25, 0.3) is 0 Å². The zero-order valence-electron chi connectivity index (χ0n) is 11.9. The number of nitrogens with zero attached hydrogens (tertiary/aromatic N) is 1. The van der Waals surface area contributed by atoms with E-state index in [0.717, 1.165) is 18.6 Å². The molecule has 0 atom stereocenters. The number of hydrogen-bond acceptors (Lipinski definition) is 3. The molecule has 1 saturated heterocycles. The number of carbonyl (C=O) groups is 1. The molecule has 21 heavy (non-hydrogen) atoms. The topological polar surface area (TPSA) is 49.8 Å². The Labute approximate surface area is 129 Å². The summed E-state index contributed by atoms with van der Waals surface area (Å²) in [7, 11) is 0. The first-order valence-corrected chi connectivity index (χ1v) is 7.95. The summed E-state index contributed by atoms with van der Waals surface area (Å²) in [6.45, 7) is 1.16. The Morgan fingerprint density at radius 1 is 1.24 bits per heavy atom. The molecule has 2 aliphatic rings. The molecule has 114 valence electrons. The number of amides is 1. The maximum absolute atomic E-state index is 12.4. The average Bonchev–Trinajstić information content (AvgIpc) is 2.43. The Morgan fingerprint density at radius 3 is 2.52 bits per heavy atom. The fourth-order valence-corrected chi connectivity index (χ4v) is 2.91. The van der Waals surface area contributed by atoms with E-state index in [-0.39, 0.29) is 12.0 Å². The van der Waals surface area contributed by atoms with Gasteiger partial charge in [-0.3, -0.25) is 4.79 Å². The van der Waals surface area contributed by atoms with Crippen LogP contribution in [0.1, 0.15) is 42.5 Å². The maximum Gasteiger partial charge on any atom is 0.255 e. The van der Waals surface area contributed by atoms with Crippen molar-refractivity contribution >= 4 is 17.5 Å². The van der Waals surface area contributed by atoms with Gasteiger partial charge in [-0.05, 0) is 50.3 Å². The van der Waals surface area contributed by atoms with Crippen molar-refractivity contribution in [2.75, 3.05) is 13.1 Å². The zero-order chi connectivity index (χ0) is 14.8. The number of benzene rings is 1. The van der Waals surface area contributed by atoms with Gasteiger partial charge in [-0.2, -0.15) is 0 Å². The van der Waals surface area contributed by atoms with Gasteiger partial charge >= 0.3 is 0 Å². The molecule has 3 rings (SSSR count). The molecule has 1 amide bonds. The minimum atomic E-state index is -0.289. The van der Waals surface area contributed by atoms with Gasteiger partial charge < -0.3 is 14.7 Å². The van der Waals surface area contributed by atoms with Crippen molar-refractivity contribution in [1.29, 1.82) is 0 Å². The van der Waals surface area contributed by atoms with E-state index in [4.69, 9.17) is 16.3 Å². The number of ether oxygens (including phenoxy) is 1. The summed E-state index contributed by atoms with van der Waals surface area (Å²) in [6, 6.07) is 5.28. The van der Waals surface area contributed by atoms with Crippen molar-refractivity contribution in [3.63, 3.8) is 0 Å². The molecule has 4 nitrogen and oxygen atoms in total. The van der Waals surface area contributed by atoms with Crippen molar-refractivity contribution in [2.24, 2.45) is 0 Å². The number of halogens is 1. The van der Waals surface area contributed by atoms with Crippen molar-refractivity contribution in [3.8, 4) is 5.75 Å². The van der Waals surface area contributed by atoms with E-state index in [0.29, 0.717) is 42.6 Å². The first kappa shape index (κ1) is 14.7. The highest BCUT2D eigenvalue weighted by molar-refractivity contribution is 6.34. The van der Waals surface area contributed by atoms with Gasteiger partial charge in [0.05, 0.1) is 22.8 Å². The highest BCUT2D eigenvalue weighted by Crippen LogP contribution is 2.29. The third kappa shape index (κ3) is 3.33. The van der Waals surface area contributed by atoms with Crippen LogP contribution in [0, 0.1) is 0 Å². The predicted octanol–water partition coefficient (Wildman–Crippen LogP) is 2.87. The number of carbonyl (C=O) groups excluding carboxylic acids is 1. The van der Waals surface area contributed by atoms with Gasteiger partial charge in [-0.15, -0.1) is 0 Å². The summed E-state index contributed by atoms with van der Waals surface area (Å²) < 4.78 is 5.78. The number of aliphatic hydroxyl groups is 1. The van der Waals surface area contributed by atoms with Crippen molar-refractivity contribution in [1.82, 2.24) is 4.90 Å². The second-order valence-electron chi connectivity index (χ2n) is 5.84. The lowest BCUT2D eigenvalue weighted by Crippen LogP contribution is -2.40. The van der Waals surface area contributed by atoms with Crippen LogP contribution in [0.4, 0.5) is 0 Å². The average molecular weight is 310 g/mol. The second kappa shape index (κ2) is 6.24. The molecule has 1 aromatic rings. The normalized spacial score (nSPS) is 20.2. The van der Waals surface area contributed by atoms with Crippen molar-refractivity contribution in [3.05, 3.63) is 28.8 Å². The third-order valence-corrected chi connectivity index (χ3v) is 4.59. The van der Waals surface area contributed by atoms with Crippen molar-refractivity contribution in [2.45, 2.75) is 44.3 Å². The molecule has 1 aliphatic carbocycles. The first-order valence-electron chi connectivity index (χ1n) is 7.57. The summed E-state index contributed by atoms with van der Waals surface area (Å²) in [5.74, 6) is 0.664. The summed E-state index contributed by atoms with van der Waals surface area (Å²) in [4.78, 5) is 14.2. The smallest absolute Gasteiger partial charge is 0.255 e. The lowest BCUT2D eigenvalue weighted by molar-refractivity contribution is 0.0546. The maximum atomic E-state index is 12.4. The highest BCUT2D eigenvalue weighted by atomic mass is 35.5. The van der Waals surface area contributed by atoms with E-state index in [1.807, 2.05) is 6.07 Å². The number of hydrogen-bond donors (Lipinski definition) is 1. The Balaban J connectivity index is 1.68. The van der Waals surface area contributed by atoms with Gasteiger partial charge in [0.2, 0.25) is 0 Å². The van der Waals surface area contributed by atoms with E-state index in [1.54, 1.807) is 17.0 Å². The SMILES string of the molecule is O=C(c1ccc(OC2CCC2)cc1Cl)N1CCC(O)CC1. The van der Waals surface area contributed by atoms with E-state index in [9.17, 15) is 9.90 Å². The van der Waals surface area contributed by atoms with Crippen LogP contribution in [0.2, 0.25) is 5.02 Å². The van der Waals surface area contributed by atoms with Crippen LogP contribution in [0.15, 0.2) is 18.2 Å². The minimum absolute atomic E-state index is 0.0675.